The van der Waals surface area contributed by atoms with E-state index in [9.17, 15) is 22.4 Å². The third-order valence-corrected chi connectivity index (χ3v) is 3.01. The number of nitrogens with zero attached hydrogens (tertiary/aromatic N) is 1. The van der Waals surface area contributed by atoms with E-state index >= 15 is 0 Å². The number of anilines is 1. The van der Waals surface area contributed by atoms with Gasteiger partial charge in [0.05, 0.1) is 11.3 Å². The second-order valence-corrected chi connectivity index (χ2v) is 4.72. The molecule has 7 heteroatoms. The lowest BCUT2D eigenvalue weighted by Crippen LogP contribution is -2.17. The van der Waals surface area contributed by atoms with Crippen LogP contribution in [0.25, 0.3) is 6.08 Å². The van der Waals surface area contributed by atoms with Gasteiger partial charge < -0.3 is 5.32 Å². The maximum Gasteiger partial charge on any atom is 0.418 e. The van der Waals surface area contributed by atoms with Crippen molar-refractivity contribution in [2.24, 2.45) is 0 Å². The summed E-state index contributed by atoms with van der Waals surface area (Å²) in [4.78, 5) is 12.0. The summed E-state index contributed by atoms with van der Waals surface area (Å²) in [5.74, 6) is -1.58. The number of halogens is 4. The van der Waals surface area contributed by atoms with Crippen LogP contribution >= 0.6 is 0 Å². The van der Waals surface area contributed by atoms with Crippen molar-refractivity contribution in [2.45, 2.75) is 6.18 Å². The first-order valence-corrected chi connectivity index (χ1v) is 6.66. The van der Waals surface area contributed by atoms with Crippen LogP contribution in [0.1, 0.15) is 11.1 Å². The zero-order valence-corrected chi connectivity index (χ0v) is 12.1. The molecule has 0 bridgehead atoms. The minimum Gasteiger partial charge on any atom is -0.321 e. The number of para-hydroxylation sites is 1. The van der Waals surface area contributed by atoms with Crippen LogP contribution in [0.2, 0.25) is 0 Å². The quantitative estimate of drug-likeness (QED) is 0.514. The number of alkyl halides is 3. The lowest BCUT2D eigenvalue weighted by atomic mass is 10.1. The summed E-state index contributed by atoms with van der Waals surface area (Å²) in [6.07, 6.45) is -3.56. The summed E-state index contributed by atoms with van der Waals surface area (Å²) in [6.45, 7) is 0. The molecule has 0 aliphatic carbocycles. The number of rotatable bonds is 3. The summed E-state index contributed by atoms with van der Waals surface area (Å²) >= 11 is 0. The number of hydrogen-bond acceptors (Lipinski definition) is 2. The van der Waals surface area contributed by atoms with Crippen LogP contribution in [0.5, 0.6) is 0 Å². The van der Waals surface area contributed by atoms with Gasteiger partial charge in [0.1, 0.15) is 17.5 Å². The van der Waals surface area contributed by atoms with Gasteiger partial charge in [-0.25, -0.2) is 4.39 Å². The van der Waals surface area contributed by atoms with Crippen LogP contribution in [0.4, 0.5) is 23.2 Å². The first-order chi connectivity index (χ1) is 11.3. The Balaban J connectivity index is 2.31. The highest BCUT2D eigenvalue weighted by molar-refractivity contribution is 6.10. The Morgan fingerprint density at radius 2 is 1.83 bits per heavy atom. The average Bonchev–Trinajstić information content (AvgIpc) is 2.52. The molecule has 0 aromatic heterocycles. The first kappa shape index (κ1) is 17.2. The number of benzene rings is 2. The molecule has 1 amide bonds. The topological polar surface area (TPSA) is 52.9 Å². The molecule has 0 aliphatic heterocycles. The molecule has 24 heavy (non-hydrogen) atoms. The third-order valence-electron chi connectivity index (χ3n) is 3.01. The van der Waals surface area contributed by atoms with Crippen LogP contribution in [0.15, 0.2) is 54.1 Å². The summed E-state index contributed by atoms with van der Waals surface area (Å²) < 4.78 is 51.8. The van der Waals surface area contributed by atoms with E-state index in [1.807, 2.05) is 0 Å². The maximum absolute atomic E-state index is 13.1. The van der Waals surface area contributed by atoms with Crippen molar-refractivity contribution in [3.63, 3.8) is 0 Å². The Labute approximate surface area is 134 Å². The minimum atomic E-state index is -4.65. The Morgan fingerprint density at radius 3 is 2.46 bits per heavy atom. The molecule has 2 rings (SSSR count). The van der Waals surface area contributed by atoms with Crippen molar-refractivity contribution in [2.75, 3.05) is 5.32 Å². The van der Waals surface area contributed by atoms with Crippen LogP contribution < -0.4 is 5.32 Å². The molecule has 0 saturated heterocycles. The number of amides is 1. The predicted octanol–water partition coefficient (Wildman–Crippen LogP) is 4.39. The molecular weight excluding hydrogens is 324 g/mol. The smallest absolute Gasteiger partial charge is 0.321 e. The summed E-state index contributed by atoms with van der Waals surface area (Å²) in [5, 5.41) is 11.1. The van der Waals surface area contributed by atoms with Gasteiger partial charge in [0.15, 0.2) is 0 Å². The number of carbonyl (C=O) groups excluding carboxylic acids is 1. The van der Waals surface area contributed by atoms with Gasteiger partial charge in [-0.05, 0) is 35.9 Å². The predicted molar refractivity (Wildman–Crippen MR) is 80.1 cm³/mol. The van der Waals surface area contributed by atoms with Crippen molar-refractivity contribution in [3.05, 3.63) is 71.0 Å². The van der Waals surface area contributed by atoms with Gasteiger partial charge in [0.25, 0.3) is 5.91 Å². The molecule has 0 aliphatic rings. The highest BCUT2D eigenvalue weighted by Gasteiger charge is 2.33. The van der Waals surface area contributed by atoms with E-state index in [1.54, 1.807) is 6.07 Å². The molecule has 0 heterocycles. The van der Waals surface area contributed by atoms with Gasteiger partial charge in [-0.15, -0.1) is 0 Å². The lowest BCUT2D eigenvalue weighted by Gasteiger charge is -2.13. The zero-order valence-electron chi connectivity index (χ0n) is 12.1. The fourth-order valence-corrected chi connectivity index (χ4v) is 1.94. The van der Waals surface area contributed by atoms with Gasteiger partial charge in [0.2, 0.25) is 0 Å². The molecule has 0 radical (unpaired) electrons. The van der Waals surface area contributed by atoms with Gasteiger partial charge in [0, 0.05) is 0 Å². The fourth-order valence-electron chi connectivity index (χ4n) is 1.94. The van der Waals surface area contributed by atoms with E-state index in [0.717, 1.165) is 24.3 Å². The van der Waals surface area contributed by atoms with E-state index in [0.29, 0.717) is 0 Å². The van der Waals surface area contributed by atoms with Crippen LogP contribution in [-0.2, 0) is 11.0 Å². The van der Waals surface area contributed by atoms with Crippen LogP contribution in [0, 0.1) is 17.1 Å². The molecule has 0 atom stereocenters. The van der Waals surface area contributed by atoms with Crippen LogP contribution in [0.3, 0.4) is 0 Å². The number of nitriles is 1. The number of carbonyl (C=O) groups is 1. The Bertz CT molecular complexity index is 835. The fraction of sp³-hybridized carbons (Fsp3) is 0.0588. The summed E-state index contributed by atoms with van der Waals surface area (Å²) in [5.41, 5.74) is -1.69. The Morgan fingerprint density at radius 1 is 1.12 bits per heavy atom. The van der Waals surface area contributed by atoms with Gasteiger partial charge in [-0.2, -0.15) is 18.4 Å². The molecule has 1 N–H and O–H groups in total. The van der Waals surface area contributed by atoms with E-state index in [2.05, 4.69) is 5.32 Å². The second kappa shape index (κ2) is 6.96. The van der Waals surface area contributed by atoms with Crippen molar-refractivity contribution in [1.82, 2.24) is 0 Å². The molecule has 3 nitrogen and oxygen atoms in total. The summed E-state index contributed by atoms with van der Waals surface area (Å²) in [6, 6.07) is 11.1. The second-order valence-electron chi connectivity index (χ2n) is 4.72. The molecule has 122 valence electrons. The van der Waals surface area contributed by atoms with E-state index in [-0.39, 0.29) is 5.56 Å². The highest BCUT2D eigenvalue weighted by Crippen LogP contribution is 2.34. The lowest BCUT2D eigenvalue weighted by molar-refractivity contribution is -0.137. The van der Waals surface area contributed by atoms with Gasteiger partial charge in [-0.1, -0.05) is 24.3 Å². The molecule has 2 aromatic rings. The molecule has 0 unspecified atom stereocenters. The zero-order chi connectivity index (χ0) is 17.7. The van der Waals surface area contributed by atoms with E-state index in [4.69, 9.17) is 5.26 Å². The van der Waals surface area contributed by atoms with Crippen molar-refractivity contribution in [3.8, 4) is 6.07 Å². The molecule has 2 aromatic carbocycles. The largest absolute Gasteiger partial charge is 0.418 e. The standard InChI is InChI=1S/C17H10F4N2O/c18-13-5-3-4-11(9-13)8-12(10-22)16(24)23-15-7-2-1-6-14(15)17(19,20)21/h1-9H,(H,23,24)/b12-8+. The van der Waals surface area contributed by atoms with Crippen LogP contribution in [-0.4, -0.2) is 5.91 Å². The average molecular weight is 334 g/mol. The number of nitrogens with one attached hydrogen (secondary N) is 1. The normalized spacial score (nSPS) is 11.7. The molecule has 0 fully saturated rings. The SMILES string of the molecule is N#C/C(=C\c1cccc(F)c1)C(=O)Nc1ccccc1C(F)(F)F. The summed E-state index contributed by atoms with van der Waals surface area (Å²) in [7, 11) is 0. The molecule has 0 saturated carbocycles. The minimum absolute atomic E-state index is 0.241. The third kappa shape index (κ3) is 4.20. The van der Waals surface area contributed by atoms with E-state index < -0.39 is 34.7 Å². The maximum atomic E-state index is 13.1. The Hall–Kier alpha value is -3.14. The molecular formula is C17H10F4N2O. The van der Waals surface area contributed by atoms with E-state index in [1.165, 1.54) is 30.3 Å². The first-order valence-electron chi connectivity index (χ1n) is 6.66. The van der Waals surface area contributed by atoms with Gasteiger partial charge >= 0.3 is 6.18 Å². The van der Waals surface area contributed by atoms with Crippen molar-refractivity contribution >= 4 is 17.7 Å². The number of hydrogen-bond donors (Lipinski definition) is 1. The van der Waals surface area contributed by atoms with Crippen molar-refractivity contribution in [1.29, 1.82) is 5.26 Å². The molecule has 0 spiro atoms. The van der Waals surface area contributed by atoms with Crippen molar-refractivity contribution < 1.29 is 22.4 Å². The highest BCUT2D eigenvalue weighted by atomic mass is 19.4. The Kier molecular flexibility index (Phi) is 4.99. The monoisotopic (exact) mass is 334 g/mol. The van der Waals surface area contributed by atoms with Gasteiger partial charge in [-0.3, -0.25) is 4.79 Å².